The van der Waals surface area contributed by atoms with E-state index in [1.807, 2.05) is 12.3 Å². The van der Waals surface area contributed by atoms with Crippen molar-refractivity contribution < 1.29 is 0 Å². The van der Waals surface area contributed by atoms with Crippen LogP contribution in [0.4, 0.5) is 0 Å². The summed E-state index contributed by atoms with van der Waals surface area (Å²) in [6, 6.07) is 12.5. The molecule has 1 aliphatic heterocycles. The topological polar surface area (TPSA) is 40.5 Å². The van der Waals surface area contributed by atoms with Gasteiger partial charge in [0.05, 0.1) is 13.3 Å². The van der Waals surface area contributed by atoms with E-state index in [1.165, 1.54) is 11.1 Å². The zero-order chi connectivity index (χ0) is 15.2. The van der Waals surface area contributed by atoms with E-state index in [9.17, 15) is 0 Å². The summed E-state index contributed by atoms with van der Waals surface area (Å²) in [7, 11) is 0. The van der Waals surface area contributed by atoms with Gasteiger partial charge in [0.25, 0.3) is 0 Å². The van der Waals surface area contributed by atoms with Crippen molar-refractivity contribution in [3.63, 3.8) is 0 Å². The summed E-state index contributed by atoms with van der Waals surface area (Å²) in [4.78, 5) is 11.0. The number of rotatable bonds is 4. The van der Waals surface area contributed by atoms with E-state index in [0.717, 1.165) is 35.3 Å². The number of nitrogens with zero attached hydrogens (tertiary/aromatic N) is 3. The molecule has 0 amide bonds. The van der Waals surface area contributed by atoms with Gasteiger partial charge in [0, 0.05) is 29.2 Å². The zero-order valence-corrected chi connectivity index (χ0v) is 14.5. The molecule has 0 unspecified atom stereocenters. The van der Waals surface area contributed by atoms with Crippen LogP contribution in [0.15, 0.2) is 58.3 Å². The maximum Gasteiger partial charge on any atom is 0.159 e. The molecule has 0 spiro atoms. The van der Waals surface area contributed by atoms with Gasteiger partial charge in [-0.05, 0) is 29.3 Å². The predicted octanol–water partition coefficient (Wildman–Crippen LogP) is 3.45. The summed E-state index contributed by atoms with van der Waals surface area (Å²) < 4.78 is 1.11. The summed E-state index contributed by atoms with van der Waals surface area (Å²) in [6.45, 7) is 2.42. The lowest BCUT2D eigenvalue weighted by Gasteiger charge is -2.26. The van der Waals surface area contributed by atoms with E-state index in [-0.39, 0.29) is 0 Å². The number of hydrogen-bond donors (Lipinski definition) is 1. The van der Waals surface area contributed by atoms with E-state index in [0.29, 0.717) is 0 Å². The number of aromatic nitrogens is 1. The third kappa shape index (κ3) is 4.56. The molecule has 3 rings (SSSR count). The van der Waals surface area contributed by atoms with Crippen molar-refractivity contribution in [2.45, 2.75) is 12.3 Å². The minimum absolute atomic E-state index is 0.727. The van der Waals surface area contributed by atoms with Crippen molar-refractivity contribution in [3.8, 4) is 0 Å². The number of benzene rings is 1. The molecular formula is C16H17BrN4S. The fourth-order valence-corrected chi connectivity index (χ4v) is 3.21. The molecule has 114 valence electrons. The lowest BCUT2D eigenvalue weighted by molar-refractivity contribution is 0.258. The van der Waals surface area contributed by atoms with Crippen LogP contribution >= 0.6 is 27.7 Å². The molecule has 6 heteroatoms. The molecule has 4 nitrogen and oxygen atoms in total. The standard InChI is InChI=1S/C16H17BrN4S/c17-15-5-3-13(4-6-15)10-22-16-19-11-21(12-20-16)9-14-2-1-7-18-8-14/h1-8H,9-12H2,(H,19,20). The highest BCUT2D eigenvalue weighted by Gasteiger charge is 2.12. The Bertz CT molecular complexity index is 630. The number of thioether (sulfide) groups is 1. The number of amidine groups is 1. The van der Waals surface area contributed by atoms with Crippen LogP contribution in [-0.4, -0.2) is 28.4 Å². The van der Waals surface area contributed by atoms with Crippen molar-refractivity contribution in [2.24, 2.45) is 4.99 Å². The first-order chi connectivity index (χ1) is 10.8. The van der Waals surface area contributed by atoms with Crippen molar-refractivity contribution in [1.82, 2.24) is 15.2 Å². The van der Waals surface area contributed by atoms with Gasteiger partial charge < -0.3 is 5.32 Å². The molecule has 0 aliphatic carbocycles. The van der Waals surface area contributed by atoms with Gasteiger partial charge in [0.2, 0.25) is 0 Å². The van der Waals surface area contributed by atoms with Crippen molar-refractivity contribution in [1.29, 1.82) is 0 Å². The molecule has 0 saturated heterocycles. The molecule has 2 aromatic rings. The lowest BCUT2D eigenvalue weighted by Crippen LogP contribution is -2.41. The Balaban J connectivity index is 1.48. The Hall–Kier alpha value is -1.37. The van der Waals surface area contributed by atoms with E-state index < -0.39 is 0 Å². The first-order valence-corrected chi connectivity index (χ1v) is 8.84. The molecule has 2 heterocycles. The van der Waals surface area contributed by atoms with Gasteiger partial charge in [-0.25, -0.2) is 4.99 Å². The smallest absolute Gasteiger partial charge is 0.159 e. The molecule has 22 heavy (non-hydrogen) atoms. The van der Waals surface area contributed by atoms with Gasteiger partial charge in [0.1, 0.15) is 0 Å². The maximum absolute atomic E-state index is 4.60. The second-order valence-corrected chi connectivity index (χ2v) is 6.92. The summed E-state index contributed by atoms with van der Waals surface area (Å²) in [5.74, 6) is 0.932. The third-order valence-corrected chi connectivity index (χ3v) is 4.84. The van der Waals surface area contributed by atoms with Crippen LogP contribution < -0.4 is 5.32 Å². The van der Waals surface area contributed by atoms with Gasteiger partial charge in [0.15, 0.2) is 5.17 Å². The van der Waals surface area contributed by atoms with Gasteiger partial charge in [-0.1, -0.05) is 45.9 Å². The van der Waals surface area contributed by atoms with Gasteiger partial charge >= 0.3 is 0 Å². The second-order valence-electron chi connectivity index (χ2n) is 5.04. The molecule has 1 aromatic heterocycles. The van der Waals surface area contributed by atoms with E-state index in [1.54, 1.807) is 18.0 Å². The van der Waals surface area contributed by atoms with Crippen LogP contribution in [0.25, 0.3) is 0 Å². The van der Waals surface area contributed by atoms with Crippen LogP contribution in [0.2, 0.25) is 0 Å². The molecule has 1 aromatic carbocycles. The van der Waals surface area contributed by atoms with E-state index in [4.69, 9.17) is 0 Å². The summed E-state index contributed by atoms with van der Waals surface area (Å²) >= 11 is 5.20. The van der Waals surface area contributed by atoms with Crippen molar-refractivity contribution in [2.75, 3.05) is 13.3 Å². The molecule has 0 saturated carbocycles. The highest BCUT2D eigenvalue weighted by atomic mass is 79.9. The van der Waals surface area contributed by atoms with E-state index >= 15 is 0 Å². The zero-order valence-electron chi connectivity index (χ0n) is 12.1. The van der Waals surface area contributed by atoms with Crippen LogP contribution in [0.1, 0.15) is 11.1 Å². The number of aliphatic imine (C=N–C) groups is 1. The van der Waals surface area contributed by atoms with Crippen LogP contribution in [0.5, 0.6) is 0 Å². The molecule has 1 N–H and O–H groups in total. The minimum atomic E-state index is 0.727. The summed E-state index contributed by atoms with van der Waals surface area (Å²) in [6.07, 6.45) is 3.70. The Morgan fingerprint density at radius 3 is 2.73 bits per heavy atom. The van der Waals surface area contributed by atoms with E-state index in [2.05, 4.69) is 66.5 Å². The lowest BCUT2D eigenvalue weighted by atomic mass is 10.2. The quantitative estimate of drug-likeness (QED) is 0.886. The highest BCUT2D eigenvalue weighted by Crippen LogP contribution is 2.17. The molecule has 0 radical (unpaired) electrons. The average molecular weight is 377 g/mol. The first kappa shape index (κ1) is 15.5. The third-order valence-electron chi connectivity index (χ3n) is 3.29. The second kappa shape index (κ2) is 7.76. The number of pyridine rings is 1. The SMILES string of the molecule is Brc1ccc(CSC2=NCN(Cc3cccnc3)CN2)cc1. The van der Waals surface area contributed by atoms with Gasteiger partial charge in [-0.15, -0.1) is 0 Å². The molecule has 0 bridgehead atoms. The fourth-order valence-electron chi connectivity index (χ4n) is 2.13. The predicted molar refractivity (Wildman–Crippen MR) is 95.5 cm³/mol. The highest BCUT2D eigenvalue weighted by molar-refractivity contribution is 9.10. The maximum atomic E-state index is 4.60. The van der Waals surface area contributed by atoms with Crippen LogP contribution in [0.3, 0.4) is 0 Å². The van der Waals surface area contributed by atoms with Crippen molar-refractivity contribution in [3.05, 3.63) is 64.4 Å². The number of nitrogens with one attached hydrogen (secondary N) is 1. The van der Waals surface area contributed by atoms with Gasteiger partial charge in [-0.2, -0.15) is 0 Å². The minimum Gasteiger partial charge on any atom is -0.352 e. The normalized spacial score (nSPS) is 15.2. The summed E-state index contributed by atoms with van der Waals surface area (Å²) in [5, 5.41) is 4.40. The monoisotopic (exact) mass is 376 g/mol. The largest absolute Gasteiger partial charge is 0.352 e. The Labute approximate surface area is 143 Å². The number of halogens is 1. The Kier molecular flexibility index (Phi) is 5.48. The van der Waals surface area contributed by atoms with Crippen LogP contribution in [0, 0.1) is 0 Å². The van der Waals surface area contributed by atoms with Crippen molar-refractivity contribution >= 4 is 32.9 Å². The Morgan fingerprint density at radius 1 is 1.18 bits per heavy atom. The Morgan fingerprint density at radius 2 is 2.05 bits per heavy atom. The molecule has 0 fully saturated rings. The molecule has 1 aliphatic rings. The molecular weight excluding hydrogens is 360 g/mol. The molecule has 0 atom stereocenters. The average Bonchev–Trinajstić information content (AvgIpc) is 2.57. The number of hydrogen-bond acceptors (Lipinski definition) is 5. The van der Waals surface area contributed by atoms with Crippen LogP contribution in [-0.2, 0) is 12.3 Å². The first-order valence-electron chi connectivity index (χ1n) is 7.06. The summed E-state index contributed by atoms with van der Waals surface area (Å²) in [5.41, 5.74) is 2.51. The van der Waals surface area contributed by atoms with Gasteiger partial charge in [-0.3, -0.25) is 9.88 Å². The fraction of sp³-hybridized carbons (Fsp3) is 0.250.